The Balaban J connectivity index is 2.30. The van der Waals surface area contributed by atoms with Gasteiger partial charge in [-0.25, -0.2) is 0 Å². The van der Waals surface area contributed by atoms with E-state index in [0.717, 1.165) is 19.1 Å². The van der Waals surface area contributed by atoms with Crippen LogP contribution in [0.5, 0.6) is 0 Å². The molecule has 0 spiro atoms. The lowest BCUT2D eigenvalue weighted by Gasteiger charge is -2.07. The van der Waals surface area contributed by atoms with E-state index in [-0.39, 0.29) is 5.92 Å². The van der Waals surface area contributed by atoms with Crippen LogP contribution in [0.15, 0.2) is 18.2 Å². The Hall–Kier alpha value is -1.11. The van der Waals surface area contributed by atoms with E-state index < -0.39 is 0 Å². The van der Waals surface area contributed by atoms with Crippen LogP contribution in [-0.4, -0.2) is 6.29 Å². The highest BCUT2D eigenvalue weighted by Crippen LogP contribution is 2.28. The molecule has 14 heavy (non-hydrogen) atoms. The van der Waals surface area contributed by atoms with Gasteiger partial charge in [0.2, 0.25) is 0 Å². The van der Waals surface area contributed by atoms with Crippen LogP contribution in [0, 0.1) is 5.92 Å². The molecule has 2 rings (SSSR count). The minimum absolute atomic E-state index is 0.229. The Morgan fingerprint density at radius 3 is 2.64 bits per heavy atom. The third kappa shape index (κ3) is 1.59. The van der Waals surface area contributed by atoms with Crippen molar-refractivity contribution in [1.29, 1.82) is 0 Å². The third-order valence-electron chi connectivity index (χ3n) is 3.05. The summed E-state index contributed by atoms with van der Waals surface area (Å²) in [6.07, 6.45) is 2.98. The predicted octanol–water partition coefficient (Wildman–Crippen LogP) is 2.72. The van der Waals surface area contributed by atoms with E-state index in [1.54, 1.807) is 0 Å². The Morgan fingerprint density at radius 2 is 2.00 bits per heavy atom. The first-order chi connectivity index (χ1) is 6.70. The molecule has 0 fully saturated rings. The summed E-state index contributed by atoms with van der Waals surface area (Å²) in [6, 6.07) is 6.65. The van der Waals surface area contributed by atoms with Crippen molar-refractivity contribution in [2.24, 2.45) is 5.92 Å². The molecule has 1 aliphatic carbocycles. The smallest absolute Gasteiger partial charge is 0.123 e. The molecule has 0 aromatic heterocycles. The van der Waals surface area contributed by atoms with Crippen LogP contribution in [0.25, 0.3) is 0 Å². The highest BCUT2D eigenvalue weighted by molar-refractivity contribution is 5.58. The van der Waals surface area contributed by atoms with Gasteiger partial charge in [-0.3, -0.25) is 0 Å². The summed E-state index contributed by atoms with van der Waals surface area (Å²) >= 11 is 0. The van der Waals surface area contributed by atoms with Gasteiger partial charge >= 0.3 is 0 Å². The number of benzene rings is 1. The maximum atomic E-state index is 10.7. The molecule has 1 nitrogen and oxygen atoms in total. The first kappa shape index (κ1) is 9.45. The number of rotatable bonds is 2. The van der Waals surface area contributed by atoms with Crippen molar-refractivity contribution in [3.63, 3.8) is 0 Å². The lowest BCUT2D eigenvalue weighted by atomic mass is 9.99. The zero-order valence-corrected chi connectivity index (χ0v) is 8.79. The molecule has 1 atom stereocenters. The molecule has 0 radical (unpaired) electrons. The Labute approximate surface area is 85.1 Å². The first-order valence-electron chi connectivity index (χ1n) is 5.27. The van der Waals surface area contributed by atoms with Gasteiger partial charge in [-0.05, 0) is 35.4 Å². The van der Waals surface area contributed by atoms with Gasteiger partial charge < -0.3 is 4.79 Å². The number of carbonyl (C=O) groups excluding carboxylic acids is 1. The largest absolute Gasteiger partial charge is 0.303 e. The predicted molar refractivity (Wildman–Crippen MR) is 57.5 cm³/mol. The van der Waals surface area contributed by atoms with Crippen molar-refractivity contribution < 1.29 is 4.79 Å². The van der Waals surface area contributed by atoms with Crippen molar-refractivity contribution in [2.75, 3.05) is 0 Å². The molecule has 0 bridgehead atoms. The van der Waals surface area contributed by atoms with Crippen LogP contribution in [0.3, 0.4) is 0 Å². The molecule has 0 aliphatic heterocycles. The summed E-state index contributed by atoms with van der Waals surface area (Å²) in [5, 5.41) is 0. The molecule has 0 saturated carbocycles. The quantitative estimate of drug-likeness (QED) is 0.652. The fourth-order valence-corrected chi connectivity index (χ4v) is 2.13. The average Bonchev–Trinajstić information content (AvgIpc) is 2.58. The molecule has 1 aromatic rings. The van der Waals surface area contributed by atoms with Crippen molar-refractivity contribution >= 4 is 6.29 Å². The van der Waals surface area contributed by atoms with Gasteiger partial charge in [0.15, 0.2) is 0 Å². The fourth-order valence-electron chi connectivity index (χ4n) is 2.13. The molecule has 0 N–H and O–H groups in total. The molecular formula is C13H16O. The van der Waals surface area contributed by atoms with Crippen molar-refractivity contribution in [1.82, 2.24) is 0 Å². The second-order valence-corrected chi connectivity index (χ2v) is 4.49. The van der Waals surface area contributed by atoms with E-state index in [0.29, 0.717) is 5.92 Å². The van der Waals surface area contributed by atoms with E-state index in [4.69, 9.17) is 0 Å². The van der Waals surface area contributed by atoms with Crippen LogP contribution >= 0.6 is 0 Å². The monoisotopic (exact) mass is 188 g/mol. The zero-order valence-electron chi connectivity index (χ0n) is 8.79. The van der Waals surface area contributed by atoms with Crippen molar-refractivity contribution in [2.45, 2.75) is 32.6 Å². The van der Waals surface area contributed by atoms with Crippen LogP contribution < -0.4 is 0 Å². The van der Waals surface area contributed by atoms with Gasteiger partial charge in [0, 0.05) is 5.92 Å². The number of hydrogen-bond donors (Lipinski definition) is 0. The second kappa shape index (κ2) is 3.56. The van der Waals surface area contributed by atoms with E-state index in [1.807, 2.05) is 0 Å². The summed E-state index contributed by atoms with van der Waals surface area (Å²) in [6.45, 7) is 4.40. The molecule has 1 unspecified atom stereocenters. The Kier molecular flexibility index (Phi) is 2.40. The average molecular weight is 188 g/mol. The van der Waals surface area contributed by atoms with E-state index in [9.17, 15) is 4.79 Å². The minimum atomic E-state index is 0.229. The standard InChI is InChI=1S/C13H16O/c1-9(2)11-3-4-12-5-10(8-14)6-13(12)7-11/h3-4,7-10H,5-6H2,1-2H3. The number of hydrogen-bond acceptors (Lipinski definition) is 1. The molecule has 1 aromatic carbocycles. The maximum absolute atomic E-state index is 10.7. The molecule has 0 amide bonds. The number of aldehydes is 1. The highest BCUT2D eigenvalue weighted by Gasteiger charge is 2.20. The Morgan fingerprint density at radius 1 is 1.29 bits per heavy atom. The summed E-state index contributed by atoms with van der Waals surface area (Å²) in [7, 11) is 0. The Bertz CT molecular complexity index is 352. The van der Waals surface area contributed by atoms with Gasteiger partial charge in [0.05, 0.1) is 0 Å². The molecular weight excluding hydrogens is 172 g/mol. The molecule has 0 heterocycles. The number of fused-ring (bicyclic) bond motifs is 1. The van der Waals surface area contributed by atoms with Crippen LogP contribution in [0.1, 0.15) is 36.5 Å². The lowest BCUT2D eigenvalue weighted by Crippen LogP contribution is -1.99. The van der Waals surface area contributed by atoms with E-state index in [2.05, 4.69) is 32.0 Å². The van der Waals surface area contributed by atoms with Gasteiger partial charge in [-0.2, -0.15) is 0 Å². The molecule has 1 heteroatoms. The maximum Gasteiger partial charge on any atom is 0.123 e. The van der Waals surface area contributed by atoms with E-state index >= 15 is 0 Å². The van der Waals surface area contributed by atoms with Gasteiger partial charge in [0.1, 0.15) is 6.29 Å². The van der Waals surface area contributed by atoms with Gasteiger partial charge in [-0.15, -0.1) is 0 Å². The summed E-state index contributed by atoms with van der Waals surface area (Å²) in [5.74, 6) is 0.808. The van der Waals surface area contributed by atoms with Crippen molar-refractivity contribution in [3.05, 3.63) is 34.9 Å². The van der Waals surface area contributed by atoms with Gasteiger partial charge in [0.25, 0.3) is 0 Å². The van der Waals surface area contributed by atoms with Crippen molar-refractivity contribution in [3.8, 4) is 0 Å². The van der Waals surface area contributed by atoms with Gasteiger partial charge in [-0.1, -0.05) is 32.0 Å². The molecule has 0 saturated heterocycles. The lowest BCUT2D eigenvalue weighted by molar-refractivity contribution is -0.110. The SMILES string of the molecule is CC(C)c1ccc2c(c1)CC(C=O)C2. The highest BCUT2D eigenvalue weighted by atomic mass is 16.1. The van der Waals surface area contributed by atoms with Crippen LogP contribution in [0.4, 0.5) is 0 Å². The normalized spacial score (nSPS) is 19.8. The molecule has 74 valence electrons. The second-order valence-electron chi connectivity index (χ2n) is 4.49. The number of carbonyl (C=O) groups is 1. The first-order valence-corrected chi connectivity index (χ1v) is 5.27. The minimum Gasteiger partial charge on any atom is -0.303 e. The van der Waals surface area contributed by atoms with Crippen LogP contribution in [0.2, 0.25) is 0 Å². The third-order valence-corrected chi connectivity index (χ3v) is 3.05. The summed E-state index contributed by atoms with van der Waals surface area (Å²) in [4.78, 5) is 10.7. The summed E-state index contributed by atoms with van der Waals surface area (Å²) < 4.78 is 0. The fraction of sp³-hybridized carbons (Fsp3) is 0.462. The van der Waals surface area contributed by atoms with E-state index in [1.165, 1.54) is 16.7 Å². The summed E-state index contributed by atoms with van der Waals surface area (Å²) in [5.41, 5.74) is 4.13. The topological polar surface area (TPSA) is 17.1 Å². The molecule has 1 aliphatic rings. The zero-order chi connectivity index (χ0) is 10.1. The van der Waals surface area contributed by atoms with Crippen LogP contribution in [-0.2, 0) is 17.6 Å².